The van der Waals surface area contributed by atoms with Crippen molar-refractivity contribution in [3.8, 4) is 0 Å². The minimum absolute atomic E-state index is 0.183. The number of rotatable bonds is 7. The van der Waals surface area contributed by atoms with Crippen LogP contribution in [0.3, 0.4) is 0 Å². The van der Waals surface area contributed by atoms with Gasteiger partial charge in [-0.3, -0.25) is 9.69 Å². The van der Waals surface area contributed by atoms with Crippen molar-refractivity contribution in [3.63, 3.8) is 0 Å². The molecule has 0 spiro atoms. The highest BCUT2D eigenvalue weighted by Crippen LogP contribution is 2.15. The molecule has 0 aromatic heterocycles. The van der Waals surface area contributed by atoms with Crippen LogP contribution in [0.4, 0.5) is 0 Å². The van der Waals surface area contributed by atoms with Gasteiger partial charge in [-0.05, 0) is 43.8 Å². The number of benzene rings is 1. The lowest BCUT2D eigenvalue weighted by atomic mass is 10.0. The molecule has 1 heterocycles. The Morgan fingerprint density at radius 1 is 1.19 bits per heavy atom. The molecule has 1 saturated heterocycles. The fraction of sp³-hybridized carbons (Fsp3) is 0.611. The summed E-state index contributed by atoms with van der Waals surface area (Å²) in [5, 5.41) is 3.13. The smallest absolute Gasteiger partial charge is 0.220 e. The first-order chi connectivity index (χ1) is 10.1. The second-order valence-electron chi connectivity index (χ2n) is 6.49. The average Bonchev–Trinajstić information content (AvgIpc) is 2.98. The molecule has 0 aliphatic carbocycles. The van der Waals surface area contributed by atoms with Crippen LogP contribution in [0.5, 0.6) is 0 Å². The Hall–Kier alpha value is -1.35. The first-order valence-electron chi connectivity index (χ1n) is 8.20. The Labute approximate surface area is 128 Å². The summed E-state index contributed by atoms with van der Waals surface area (Å²) < 4.78 is 0. The maximum absolute atomic E-state index is 11.9. The van der Waals surface area contributed by atoms with Crippen molar-refractivity contribution in [2.45, 2.75) is 45.6 Å². The van der Waals surface area contributed by atoms with Gasteiger partial charge in [0.2, 0.25) is 5.91 Å². The molecule has 0 saturated carbocycles. The van der Waals surface area contributed by atoms with E-state index in [0.717, 1.165) is 26.1 Å². The number of nitrogens with one attached hydrogen (secondary N) is 1. The topological polar surface area (TPSA) is 32.3 Å². The normalized spacial score (nSPS) is 17.1. The van der Waals surface area contributed by atoms with Gasteiger partial charge in [-0.1, -0.05) is 44.2 Å². The van der Waals surface area contributed by atoms with E-state index in [2.05, 4.69) is 54.4 Å². The van der Waals surface area contributed by atoms with Crippen LogP contribution < -0.4 is 5.32 Å². The number of nitrogens with zero attached hydrogens (tertiary/aromatic N) is 1. The molecule has 1 aliphatic heterocycles. The summed E-state index contributed by atoms with van der Waals surface area (Å²) in [7, 11) is 0. The molecule has 1 N–H and O–H groups in total. The average molecular weight is 288 g/mol. The number of amides is 1. The summed E-state index contributed by atoms with van der Waals surface area (Å²) in [5.41, 5.74) is 1.35. The Kier molecular flexibility index (Phi) is 6.24. The predicted octanol–water partition coefficient (Wildman–Crippen LogP) is 2.86. The van der Waals surface area contributed by atoms with Crippen LogP contribution in [0.2, 0.25) is 0 Å². The zero-order valence-electron chi connectivity index (χ0n) is 13.3. The maximum atomic E-state index is 11.9. The molecule has 1 aromatic carbocycles. The minimum atomic E-state index is 0.183. The molecule has 1 amide bonds. The Morgan fingerprint density at radius 2 is 1.86 bits per heavy atom. The van der Waals surface area contributed by atoms with E-state index in [9.17, 15) is 4.79 Å². The number of carbonyl (C=O) groups is 1. The molecule has 1 unspecified atom stereocenters. The predicted molar refractivity (Wildman–Crippen MR) is 87.2 cm³/mol. The molecule has 0 bridgehead atoms. The lowest BCUT2D eigenvalue weighted by Gasteiger charge is -2.28. The van der Waals surface area contributed by atoms with E-state index in [1.54, 1.807) is 0 Å². The highest BCUT2D eigenvalue weighted by Gasteiger charge is 2.22. The molecular formula is C18H28N2O. The third kappa shape index (κ3) is 5.50. The van der Waals surface area contributed by atoms with Crippen LogP contribution in [0.25, 0.3) is 0 Å². The zero-order chi connectivity index (χ0) is 15.1. The molecule has 1 fully saturated rings. The lowest BCUT2D eigenvalue weighted by molar-refractivity contribution is -0.122. The van der Waals surface area contributed by atoms with Gasteiger partial charge in [-0.15, -0.1) is 0 Å². The van der Waals surface area contributed by atoms with Gasteiger partial charge in [0.1, 0.15) is 0 Å². The van der Waals surface area contributed by atoms with Gasteiger partial charge >= 0.3 is 0 Å². The quantitative estimate of drug-likeness (QED) is 0.837. The summed E-state index contributed by atoms with van der Waals surface area (Å²) >= 11 is 0. The van der Waals surface area contributed by atoms with E-state index in [-0.39, 0.29) is 5.91 Å². The van der Waals surface area contributed by atoms with E-state index in [0.29, 0.717) is 18.4 Å². The Bertz CT molecular complexity index is 424. The van der Waals surface area contributed by atoms with Crippen LogP contribution in [0.15, 0.2) is 30.3 Å². The van der Waals surface area contributed by atoms with Gasteiger partial charge in [-0.25, -0.2) is 0 Å². The zero-order valence-corrected chi connectivity index (χ0v) is 13.3. The molecule has 1 atom stereocenters. The van der Waals surface area contributed by atoms with Crippen molar-refractivity contribution in [1.82, 2.24) is 10.2 Å². The van der Waals surface area contributed by atoms with Crippen molar-refractivity contribution in [3.05, 3.63) is 35.9 Å². The number of hydrogen-bond donors (Lipinski definition) is 1. The number of hydrogen-bond acceptors (Lipinski definition) is 2. The van der Waals surface area contributed by atoms with Crippen LogP contribution in [0, 0.1) is 5.92 Å². The lowest BCUT2D eigenvalue weighted by Crippen LogP contribution is -2.44. The summed E-state index contributed by atoms with van der Waals surface area (Å²) in [6, 6.07) is 11.0. The Morgan fingerprint density at radius 3 is 2.48 bits per heavy atom. The number of likely N-dealkylation sites (tertiary alicyclic amines) is 1. The third-order valence-corrected chi connectivity index (χ3v) is 4.10. The van der Waals surface area contributed by atoms with E-state index in [1.165, 1.54) is 18.4 Å². The monoisotopic (exact) mass is 288 g/mol. The molecule has 116 valence electrons. The first kappa shape index (κ1) is 16.0. The fourth-order valence-corrected chi connectivity index (χ4v) is 3.00. The van der Waals surface area contributed by atoms with Crippen molar-refractivity contribution in [2.24, 2.45) is 5.92 Å². The van der Waals surface area contributed by atoms with Gasteiger partial charge in [0, 0.05) is 19.0 Å². The second kappa shape index (κ2) is 8.18. The maximum Gasteiger partial charge on any atom is 0.220 e. The van der Waals surface area contributed by atoms with Crippen LogP contribution in [0.1, 0.15) is 38.7 Å². The van der Waals surface area contributed by atoms with Crippen molar-refractivity contribution in [2.75, 3.05) is 19.6 Å². The van der Waals surface area contributed by atoms with Gasteiger partial charge in [0.15, 0.2) is 0 Å². The molecule has 2 rings (SSSR count). The summed E-state index contributed by atoms with van der Waals surface area (Å²) in [5.74, 6) is 0.603. The SMILES string of the molecule is CC(C)CC(=O)NCC(Cc1ccccc1)N1CCCC1. The summed E-state index contributed by atoms with van der Waals surface area (Å²) in [4.78, 5) is 14.4. The molecule has 3 nitrogen and oxygen atoms in total. The minimum Gasteiger partial charge on any atom is -0.355 e. The van der Waals surface area contributed by atoms with Crippen molar-refractivity contribution < 1.29 is 4.79 Å². The highest BCUT2D eigenvalue weighted by molar-refractivity contribution is 5.76. The van der Waals surface area contributed by atoms with E-state index < -0.39 is 0 Å². The van der Waals surface area contributed by atoms with Gasteiger partial charge in [-0.2, -0.15) is 0 Å². The molecule has 1 aromatic rings. The fourth-order valence-electron chi connectivity index (χ4n) is 3.00. The van der Waals surface area contributed by atoms with Gasteiger partial charge in [0.25, 0.3) is 0 Å². The van der Waals surface area contributed by atoms with Crippen molar-refractivity contribution in [1.29, 1.82) is 0 Å². The third-order valence-electron chi connectivity index (χ3n) is 4.10. The summed E-state index contributed by atoms with van der Waals surface area (Å²) in [6.07, 6.45) is 4.21. The van der Waals surface area contributed by atoms with E-state index >= 15 is 0 Å². The summed E-state index contributed by atoms with van der Waals surface area (Å²) in [6.45, 7) is 7.26. The molecule has 3 heteroatoms. The van der Waals surface area contributed by atoms with Crippen LogP contribution >= 0.6 is 0 Å². The van der Waals surface area contributed by atoms with Gasteiger partial charge in [0.05, 0.1) is 0 Å². The van der Waals surface area contributed by atoms with Crippen LogP contribution in [-0.4, -0.2) is 36.5 Å². The second-order valence-corrected chi connectivity index (χ2v) is 6.49. The van der Waals surface area contributed by atoms with E-state index in [4.69, 9.17) is 0 Å². The largest absolute Gasteiger partial charge is 0.355 e. The standard InChI is InChI=1S/C18H28N2O/c1-15(2)12-18(21)19-14-17(20-10-6-7-11-20)13-16-8-4-3-5-9-16/h3-5,8-9,15,17H,6-7,10-14H2,1-2H3,(H,19,21). The van der Waals surface area contributed by atoms with E-state index in [1.807, 2.05) is 0 Å². The molecule has 0 radical (unpaired) electrons. The molecule has 1 aliphatic rings. The van der Waals surface area contributed by atoms with Crippen molar-refractivity contribution >= 4 is 5.91 Å². The van der Waals surface area contributed by atoms with Crippen LogP contribution in [-0.2, 0) is 11.2 Å². The molecule has 21 heavy (non-hydrogen) atoms. The Balaban J connectivity index is 1.91. The molecular weight excluding hydrogens is 260 g/mol. The highest BCUT2D eigenvalue weighted by atomic mass is 16.1. The van der Waals surface area contributed by atoms with Gasteiger partial charge < -0.3 is 5.32 Å². The number of carbonyl (C=O) groups excluding carboxylic acids is 1. The first-order valence-corrected chi connectivity index (χ1v) is 8.20.